The lowest BCUT2D eigenvalue weighted by molar-refractivity contribution is -0.138. The van der Waals surface area contributed by atoms with Gasteiger partial charge in [0.25, 0.3) is 0 Å². The molecular formula is C19H28N2O3. The highest BCUT2D eigenvalue weighted by atomic mass is 16.5. The van der Waals surface area contributed by atoms with Crippen molar-refractivity contribution in [1.82, 2.24) is 9.80 Å². The Bertz CT molecular complexity index is 576. The zero-order valence-electron chi connectivity index (χ0n) is 14.5. The number of aliphatic carboxylic acids is 1. The summed E-state index contributed by atoms with van der Waals surface area (Å²) in [5.74, 6) is -0.792. The Labute approximate surface area is 144 Å². The molecule has 0 spiro atoms. The van der Waals surface area contributed by atoms with Crippen molar-refractivity contribution < 1.29 is 14.6 Å². The van der Waals surface area contributed by atoms with Crippen molar-refractivity contribution in [2.75, 3.05) is 39.8 Å². The van der Waals surface area contributed by atoms with Crippen LogP contribution in [0.2, 0.25) is 0 Å². The van der Waals surface area contributed by atoms with Crippen LogP contribution in [0.25, 0.3) is 0 Å². The van der Waals surface area contributed by atoms with Gasteiger partial charge >= 0.3 is 5.97 Å². The number of hydrogen-bond acceptors (Lipinski definition) is 4. The van der Waals surface area contributed by atoms with Crippen LogP contribution in [0.1, 0.15) is 29.5 Å². The molecule has 0 bridgehead atoms. The number of likely N-dealkylation sites (N-methyl/N-ethyl adjacent to an activating group) is 1. The number of rotatable bonds is 6. The van der Waals surface area contributed by atoms with Gasteiger partial charge < -0.3 is 9.84 Å². The lowest BCUT2D eigenvalue weighted by Crippen LogP contribution is -2.47. The first kappa shape index (κ1) is 17.4. The summed E-state index contributed by atoms with van der Waals surface area (Å²) in [6.07, 6.45) is 5.16. The van der Waals surface area contributed by atoms with Gasteiger partial charge in [0.05, 0.1) is 19.3 Å². The van der Waals surface area contributed by atoms with E-state index in [0.29, 0.717) is 6.54 Å². The molecule has 1 heterocycles. The number of benzene rings is 1. The number of aryl methyl sites for hydroxylation is 2. The fraction of sp³-hybridized carbons (Fsp3) is 0.632. The van der Waals surface area contributed by atoms with Crippen molar-refractivity contribution in [1.29, 1.82) is 0 Å². The topological polar surface area (TPSA) is 53.0 Å². The Balaban J connectivity index is 1.54. The summed E-state index contributed by atoms with van der Waals surface area (Å²) in [6.45, 7) is 4.20. The van der Waals surface area contributed by atoms with E-state index < -0.39 is 5.97 Å². The Morgan fingerprint density at radius 3 is 2.92 bits per heavy atom. The van der Waals surface area contributed by atoms with Crippen LogP contribution in [0.3, 0.4) is 0 Å². The summed E-state index contributed by atoms with van der Waals surface area (Å²) >= 11 is 0. The molecule has 0 saturated carbocycles. The number of hydrogen-bond donors (Lipinski definition) is 1. The molecule has 1 aliphatic carbocycles. The van der Waals surface area contributed by atoms with Crippen molar-refractivity contribution >= 4 is 5.97 Å². The van der Waals surface area contributed by atoms with Gasteiger partial charge in [-0.05, 0) is 49.4 Å². The van der Waals surface area contributed by atoms with Crippen molar-refractivity contribution in [3.8, 4) is 0 Å². The van der Waals surface area contributed by atoms with Gasteiger partial charge in [0.15, 0.2) is 0 Å². The van der Waals surface area contributed by atoms with E-state index in [9.17, 15) is 4.79 Å². The number of carboxylic acid groups (broad SMARTS) is 1. The van der Waals surface area contributed by atoms with Crippen LogP contribution in [-0.2, 0) is 28.9 Å². The van der Waals surface area contributed by atoms with Crippen LogP contribution in [0.4, 0.5) is 0 Å². The molecule has 1 aliphatic heterocycles. The van der Waals surface area contributed by atoms with Crippen LogP contribution in [0.5, 0.6) is 0 Å². The van der Waals surface area contributed by atoms with Crippen molar-refractivity contribution in [3.63, 3.8) is 0 Å². The highest BCUT2D eigenvalue weighted by molar-refractivity contribution is 5.69. The Kier molecular flexibility index (Phi) is 5.87. The first-order valence-corrected chi connectivity index (χ1v) is 8.95. The number of fused-ring (bicyclic) bond motifs is 1. The van der Waals surface area contributed by atoms with Crippen LogP contribution in [0.15, 0.2) is 18.2 Å². The zero-order chi connectivity index (χ0) is 16.9. The minimum atomic E-state index is -0.792. The lowest BCUT2D eigenvalue weighted by atomic mass is 9.90. The Morgan fingerprint density at radius 1 is 1.33 bits per heavy atom. The molecule has 0 radical (unpaired) electrons. The minimum absolute atomic E-state index is 0.0602. The number of ether oxygens (including phenoxy) is 1. The summed E-state index contributed by atoms with van der Waals surface area (Å²) in [5, 5.41) is 8.86. The molecule has 1 N–H and O–H groups in total. The van der Waals surface area contributed by atoms with Gasteiger partial charge in [-0.2, -0.15) is 0 Å². The number of nitrogens with zero attached hydrogens (tertiary/aromatic N) is 2. The van der Waals surface area contributed by atoms with Crippen molar-refractivity contribution in [2.45, 2.75) is 38.3 Å². The molecule has 2 aliphatic rings. The van der Waals surface area contributed by atoms with E-state index in [0.717, 1.165) is 26.2 Å². The predicted octanol–water partition coefficient (Wildman–Crippen LogP) is 1.78. The van der Waals surface area contributed by atoms with Crippen LogP contribution < -0.4 is 0 Å². The maximum atomic E-state index is 10.8. The summed E-state index contributed by atoms with van der Waals surface area (Å²) in [6, 6.07) is 6.96. The third-order valence-electron chi connectivity index (χ3n) is 4.96. The molecule has 1 fully saturated rings. The molecule has 5 heteroatoms. The first-order valence-electron chi connectivity index (χ1n) is 8.95. The molecule has 1 atom stereocenters. The number of carboxylic acids is 1. The van der Waals surface area contributed by atoms with Gasteiger partial charge in [0, 0.05) is 26.2 Å². The van der Waals surface area contributed by atoms with E-state index in [2.05, 4.69) is 23.1 Å². The van der Waals surface area contributed by atoms with Crippen LogP contribution in [0, 0.1) is 0 Å². The fourth-order valence-corrected chi connectivity index (χ4v) is 3.82. The molecule has 1 aromatic carbocycles. The molecule has 0 aromatic heterocycles. The second-order valence-corrected chi connectivity index (χ2v) is 7.13. The average molecular weight is 332 g/mol. The molecule has 1 aromatic rings. The van der Waals surface area contributed by atoms with E-state index in [-0.39, 0.29) is 12.6 Å². The molecule has 5 nitrogen and oxygen atoms in total. The smallest absolute Gasteiger partial charge is 0.317 e. The predicted molar refractivity (Wildman–Crippen MR) is 93.2 cm³/mol. The van der Waals surface area contributed by atoms with Gasteiger partial charge in [-0.1, -0.05) is 18.2 Å². The van der Waals surface area contributed by atoms with Crippen molar-refractivity contribution in [2.24, 2.45) is 0 Å². The zero-order valence-corrected chi connectivity index (χ0v) is 14.5. The van der Waals surface area contributed by atoms with Crippen LogP contribution >= 0.6 is 0 Å². The van der Waals surface area contributed by atoms with E-state index in [1.54, 1.807) is 0 Å². The number of carbonyl (C=O) groups is 1. The second kappa shape index (κ2) is 8.10. The highest BCUT2D eigenvalue weighted by Gasteiger charge is 2.22. The van der Waals surface area contributed by atoms with Gasteiger partial charge in [-0.15, -0.1) is 0 Å². The Morgan fingerprint density at radius 2 is 2.12 bits per heavy atom. The summed E-state index contributed by atoms with van der Waals surface area (Å²) in [4.78, 5) is 15.0. The minimum Gasteiger partial charge on any atom is -0.480 e. The highest BCUT2D eigenvalue weighted by Crippen LogP contribution is 2.23. The quantitative estimate of drug-likeness (QED) is 0.861. The largest absolute Gasteiger partial charge is 0.480 e. The molecule has 24 heavy (non-hydrogen) atoms. The fourth-order valence-electron chi connectivity index (χ4n) is 3.82. The maximum absolute atomic E-state index is 10.8. The normalized spacial score (nSPS) is 21.7. The van der Waals surface area contributed by atoms with Gasteiger partial charge in [-0.3, -0.25) is 14.6 Å². The monoisotopic (exact) mass is 332 g/mol. The van der Waals surface area contributed by atoms with Crippen LogP contribution in [-0.4, -0.2) is 66.8 Å². The van der Waals surface area contributed by atoms with E-state index in [1.165, 1.54) is 42.4 Å². The average Bonchev–Trinajstić information content (AvgIpc) is 2.54. The lowest BCUT2D eigenvalue weighted by Gasteiger charge is -2.34. The molecule has 1 saturated heterocycles. The van der Waals surface area contributed by atoms with Gasteiger partial charge in [0.1, 0.15) is 0 Å². The van der Waals surface area contributed by atoms with E-state index >= 15 is 0 Å². The molecular weight excluding hydrogens is 304 g/mol. The molecule has 3 rings (SSSR count). The van der Waals surface area contributed by atoms with Gasteiger partial charge in [-0.25, -0.2) is 0 Å². The molecule has 0 amide bonds. The second-order valence-electron chi connectivity index (χ2n) is 7.13. The SMILES string of the molecule is CN(CC(=O)O)CC1CN(Cc2ccc3c(c2)CCCC3)CCO1. The van der Waals surface area contributed by atoms with E-state index in [4.69, 9.17) is 9.84 Å². The van der Waals surface area contributed by atoms with E-state index in [1.807, 2.05) is 11.9 Å². The summed E-state index contributed by atoms with van der Waals surface area (Å²) in [7, 11) is 1.83. The standard InChI is InChI=1S/C19H28N2O3/c1-20(14-19(22)23)12-18-13-21(8-9-24-18)11-15-6-7-16-4-2-3-5-17(16)10-15/h6-7,10,18H,2-5,8-9,11-14H2,1H3,(H,22,23). The summed E-state index contributed by atoms with van der Waals surface area (Å²) < 4.78 is 5.81. The number of morpholine rings is 1. The Hall–Kier alpha value is -1.43. The third kappa shape index (κ3) is 4.79. The molecule has 1 unspecified atom stereocenters. The maximum Gasteiger partial charge on any atom is 0.317 e. The third-order valence-corrected chi connectivity index (χ3v) is 4.96. The molecule has 132 valence electrons. The van der Waals surface area contributed by atoms with Gasteiger partial charge in [0.2, 0.25) is 0 Å². The summed E-state index contributed by atoms with van der Waals surface area (Å²) in [5.41, 5.74) is 4.44. The van der Waals surface area contributed by atoms with Crippen molar-refractivity contribution in [3.05, 3.63) is 34.9 Å². The first-order chi connectivity index (χ1) is 11.6.